The van der Waals surface area contributed by atoms with Crippen LogP contribution in [0.5, 0.6) is 0 Å². The molecule has 0 bridgehead atoms. The molecule has 1 aromatic carbocycles. The molecule has 1 aromatic rings. The fraction of sp³-hybridized carbons (Fsp3) is 0.333. The van der Waals surface area contributed by atoms with Crippen molar-refractivity contribution in [3.63, 3.8) is 0 Å². The van der Waals surface area contributed by atoms with Crippen molar-refractivity contribution >= 4 is 12.2 Å². The standard InChI is InChI=1S/C12H16/c1-3-7-11-9-5-6-10-12(11)8-4-2/h5-10H,3-4H2,1-2H3. The zero-order valence-corrected chi connectivity index (χ0v) is 7.88. The zero-order valence-electron chi connectivity index (χ0n) is 7.88. The van der Waals surface area contributed by atoms with Gasteiger partial charge < -0.3 is 0 Å². The number of hydrogen-bond acceptors (Lipinski definition) is 0. The fourth-order valence-electron chi connectivity index (χ4n) is 1.32. The number of rotatable bonds is 2. The van der Waals surface area contributed by atoms with Gasteiger partial charge in [0.2, 0.25) is 0 Å². The molecule has 0 nitrogen and oxygen atoms in total. The lowest BCUT2D eigenvalue weighted by molar-refractivity contribution is 1.26. The summed E-state index contributed by atoms with van der Waals surface area (Å²) in [5.41, 5.74) is 0. The van der Waals surface area contributed by atoms with Crippen LogP contribution in [0.4, 0.5) is 0 Å². The molecular weight excluding hydrogens is 144 g/mol. The lowest BCUT2D eigenvalue weighted by Gasteiger charge is -1.89. The first-order valence-electron chi connectivity index (χ1n) is 4.64. The minimum Gasteiger partial charge on any atom is -0.0769 e. The zero-order chi connectivity index (χ0) is 8.81. The Labute approximate surface area is 74.2 Å². The van der Waals surface area contributed by atoms with E-state index in [-0.39, 0.29) is 0 Å². The highest BCUT2D eigenvalue weighted by Crippen LogP contribution is 1.79. The SMILES string of the molecule is CCC=c1ccccc1=CCC. The van der Waals surface area contributed by atoms with Gasteiger partial charge in [-0.25, -0.2) is 0 Å². The van der Waals surface area contributed by atoms with Crippen LogP contribution in [-0.4, -0.2) is 0 Å². The van der Waals surface area contributed by atoms with E-state index in [1.54, 1.807) is 0 Å². The molecule has 0 saturated heterocycles. The van der Waals surface area contributed by atoms with Crippen LogP contribution in [0.1, 0.15) is 26.7 Å². The summed E-state index contributed by atoms with van der Waals surface area (Å²) in [4.78, 5) is 0. The largest absolute Gasteiger partial charge is 0.0769 e. The molecule has 0 heterocycles. The van der Waals surface area contributed by atoms with Gasteiger partial charge in [0.05, 0.1) is 0 Å². The van der Waals surface area contributed by atoms with E-state index in [1.807, 2.05) is 0 Å². The second-order valence-electron chi connectivity index (χ2n) is 2.85. The molecule has 0 amide bonds. The predicted octanol–water partition coefficient (Wildman–Crippen LogP) is 2.07. The van der Waals surface area contributed by atoms with E-state index in [2.05, 4.69) is 50.3 Å². The average molecular weight is 160 g/mol. The molecule has 0 saturated carbocycles. The van der Waals surface area contributed by atoms with Gasteiger partial charge in [-0.2, -0.15) is 0 Å². The van der Waals surface area contributed by atoms with Crippen LogP contribution in [0, 0.1) is 0 Å². The summed E-state index contributed by atoms with van der Waals surface area (Å²) in [6.45, 7) is 4.34. The van der Waals surface area contributed by atoms with Crippen molar-refractivity contribution in [2.45, 2.75) is 26.7 Å². The van der Waals surface area contributed by atoms with Crippen LogP contribution in [0.3, 0.4) is 0 Å². The van der Waals surface area contributed by atoms with Gasteiger partial charge in [-0.1, -0.05) is 50.3 Å². The first kappa shape index (κ1) is 9.05. The van der Waals surface area contributed by atoms with Crippen molar-refractivity contribution in [3.05, 3.63) is 34.7 Å². The van der Waals surface area contributed by atoms with E-state index in [4.69, 9.17) is 0 Å². The third-order valence-corrected chi connectivity index (χ3v) is 1.84. The lowest BCUT2D eigenvalue weighted by Crippen LogP contribution is -2.23. The minimum atomic E-state index is 1.11. The Morgan fingerprint density at radius 3 is 1.67 bits per heavy atom. The molecule has 0 N–H and O–H groups in total. The number of benzene rings is 1. The van der Waals surface area contributed by atoms with Crippen molar-refractivity contribution in [1.82, 2.24) is 0 Å². The minimum absolute atomic E-state index is 1.11. The Morgan fingerprint density at radius 2 is 1.33 bits per heavy atom. The quantitative estimate of drug-likeness (QED) is 0.621. The molecule has 0 aromatic heterocycles. The Balaban J connectivity index is 3.28. The van der Waals surface area contributed by atoms with E-state index in [1.165, 1.54) is 10.4 Å². The van der Waals surface area contributed by atoms with Gasteiger partial charge in [0.25, 0.3) is 0 Å². The summed E-state index contributed by atoms with van der Waals surface area (Å²) in [5.74, 6) is 0. The topological polar surface area (TPSA) is 0 Å². The van der Waals surface area contributed by atoms with Gasteiger partial charge >= 0.3 is 0 Å². The van der Waals surface area contributed by atoms with Crippen LogP contribution < -0.4 is 10.4 Å². The Kier molecular flexibility index (Phi) is 3.59. The van der Waals surface area contributed by atoms with Crippen LogP contribution in [0.2, 0.25) is 0 Å². The second-order valence-corrected chi connectivity index (χ2v) is 2.85. The van der Waals surface area contributed by atoms with Crippen LogP contribution >= 0.6 is 0 Å². The van der Waals surface area contributed by atoms with Gasteiger partial charge in [0, 0.05) is 0 Å². The molecule has 0 aliphatic heterocycles. The summed E-state index contributed by atoms with van der Waals surface area (Å²) in [5, 5.41) is 2.73. The Morgan fingerprint density at radius 1 is 0.917 bits per heavy atom. The molecule has 0 unspecified atom stereocenters. The maximum absolute atomic E-state index is 2.27. The van der Waals surface area contributed by atoms with Crippen LogP contribution in [0.25, 0.3) is 12.2 Å². The van der Waals surface area contributed by atoms with E-state index < -0.39 is 0 Å². The van der Waals surface area contributed by atoms with Gasteiger partial charge in [-0.05, 0) is 23.3 Å². The van der Waals surface area contributed by atoms with Crippen LogP contribution in [0.15, 0.2) is 24.3 Å². The number of hydrogen-bond donors (Lipinski definition) is 0. The van der Waals surface area contributed by atoms with Gasteiger partial charge in [-0.15, -0.1) is 0 Å². The van der Waals surface area contributed by atoms with E-state index in [0.29, 0.717) is 0 Å². The molecule has 0 radical (unpaired) electrons. The first-order valence-corrected chi connectivity index (χ1v) is 4.64. The second kappa shape index (κ2) is 4.76. The maximum Gasteiger partial charge on any atom is -0.0227 e. The normalized spacial score (nSPS) is 13.8. The monoisotopic (exact) mass is 160 g/mol. The summed E-state index contributed by atoms with van der Waals surface area (Å²) in [6, 6.07) is 8.53. The summed E-state index contributed by atoms with van der Waals surface area (Å²) in [6.07, 6.45) is 6.74. The third-order valence-electron chi connectivity index (χ3n) is 1.84. The van der Waals surface area contributed by atoms with Crippen LogP contribution in [-0.2, 0) is 0 Å². The highest BCUT2D eigenvalue weighted by Gasteiger charge is 1.80. The highest BCUT2D eigenvalue weighted by atomic mass is 13.9. The van der Waals surface area contributed by atoms with E-state index in [9.17, 15) is 0 Å². The molecule has 0 fully saturated rings. The average Bonchev–Trinajstić information content (AvgIpc) is 2.09. The van der Waals surface area contributed by atoms with Crippen molar-refractivity contribution in [2.75, 3.05) is 0 Å². The first-order chi connectivity index (χ1) is 5.88. The van der Waals surface area contributed by atoms with Gasteiger partial charge in [0.1, 0.15) is 0 Å². The van der Waals surface area contributed by atoms with E-state index >= 15 is 0 Å². The highest BCUT2D eigenvalue weighted by molar-refractivity contribution is 5.30. The third kappa shape index (κ3) is 2.23. The molecule has 64 valence electrons. The molecular formula is C12H16. The Hall–Kier alpha value is -1.04. The van der Waals surface area contributed by atoms with Crippen molar-refractivity contribution < 1.29 is 0 Å². The van der Waals surface area contributed by atoms with Gasteiger partial charge in [0.15, 0.2) is 0 Å². The summed E-state index contributed by atoms with van der Waals surface area (Å²) in [7, 11) is 0. The smallest absolute Gasteiger partial charge is 0.0227 e. The van der Waals surface area contributed by atoms with Crippen molar-refractivity contribution in [3.8, 4) is 0 Å². The molecule has 0 aliphatic carbocycles. The van der Waals surface area contributed by atoms with Crippen molar-refractivity contribution in [1.29, 1.82) is 0 Å². The van der Waals surface area contributed by atoms with Crippen molar-refractivity contribution in [2.24, 2.45) is 0 Å². The summed E-state index contributed by atoms with van der Waals surface area (Å²) >= 11 is 0. The fourth-order valence-corrected chi connectivity index (χ4v) is 1.32. The molecule has 12 heavy (non-hydrogen) atoms. The molecule has 1 rings (SSSR count). The predicted molar refractivity (Wildman–Crippen MR) is 55.2 cm³/mol. The molecule has 0 atom stereocenters. The molecule has 0 spiro atoms. The van der Waals surface area contributed by atoms with E-state index in [0.717, 1.165) is 12.8 Å². The summed E-state index contributed by atoms with van der Waals surface area (Å²) < 4.78 is 0. The van der Waals surface area contributed by atoms with Gasteiger partial charge in [-0.3, -0.25) is 0 Å². The molecule has 0 aliphatic rings. The lowest BCUT2D eigenvalue weighted by atomic mass is 10.2. The molecule has 0 heteroatoms. The maximum atomic E-state index is 2.27. The Bertz CT molecular complexity index is 298.